The number of hydrogen-bond acceptors (Lipinski definition) is 8. The van der Waals surface area contributed by atoms with Gasteiger partial charge in [0.15, 0.2) is 5.82 Å². The first-order chi connectivity index (χ1) is 25.9. The van der Waals surface area contributed by atoms with Crippen LogP contribution in [0.1, 0.15) is 63.8 Å². The average molecular weight is 731 g/mol. The third-order valence-corrected chi connectivity index (χ3v) is 9.10. The summed E-state index contributed by atoms with van der Waals surface area (Å²) in [5.74, 6) is -2.19. The van der Waals surface area contributed by atoms with Crippen molar-refractivity contribution < 1.29 is 24.0 Å². The van der Waals surface area contributed by atoms with Crippen molar-refractivity contribution in [3.05, 3.63) is 106 Å². The second-order valence-corrected chi connectivity index (χ2v) is 13.3. The number of aromatic nitrogens is 2. The topological polar surface area (TPSA) is 211 Å². The number of allylic oxidation sites excluding steroid dienone is 1. The van der Waals surface area contributed by atoms with E-state index >= 15 is 0 Å². The summed E-state index contributed by atoms with van der Waals surface area (Å²) in [6.45, 7) is 7.15. The van der Waals surface area contributed by atoms with Gasteiger partial charge >= 0.3 is 0 Å². The van der Waals surface area contributed by atoms with Gasteiger partial charge in [-0.1, -0.05) is 73.7 Å². The summed E-state index contributed by atoms with van der Waals surface area (Å²) in [7, 11) is 0. The molecule has 0 saturated carbocycles. The fourth-order valence-electron chi connectivity index (χ4n) is 6.40. The number of aryl methyl sites for hydroxylation is 3. The predicted molar refractivity (Wildman–Crippen MR) is 208 cm³/mol. The van der Waals surface area contributed by atoms with E-state index < -0.39 is 35.7 Å². The van der Waals surface area contributed by atoms with E-state index in [2.05, 4.69) is 44.2 Å². The molecule has 0 aliphatic carbocycles. The van der Waals surface area contributed by atoms with Crippen LogP contribution in [0.15, 0.2) is 66.7 Å². The number of carbonyl (C=O) groups excluding carboxylic acids is 5. The largest absolute Gasteiger partial charge is 0.368 e. The van der Waals surface area contributed by atoms with Gasteiger partial charge in [0.1, 0.15) is 12.1 Å². The van der Waals surface area contributed by atoms with Crippen LogP contribution in [-0.2, 0) is 32.0 Å². The van der Waals surface area contributed by atoms with Crippen molar-refractivity contribution in [3.63, 3.8) is 0 Å². The van der Waals surface area contributed by atoms with E-state index in [-0.39, 0.29) is 43.8 Å². The number of amides is 5. The number of fused-ring (bicyclic) bond motifs is 5. The molecule has 4 bridgehead atoms. The maximum absolute atomic E-state index is 14.0. The van der Waals surface area contributed by atoms with E-state index in [4.69, 9.17) is 11.5 Å². The lowest BCUT2D eigenvalue weighted by molar-refractivity contribution is -0.128. The SMILES string of the molecule is CC/C=C/c1ccc(-c2nc(C)c(C(=O)N[C@@H](CCN)C(=O)Nc3c(C)cc4cc3-c3cccc(c3)CC(=O)NCC(=O)NC(C(N)=O)C4)c(C)n2)cc1. The van der Waals surface area contributed by atoms with Gasteiger partial charge in [-0.25, -0.2) is 9.97 Å². The van der Waals surface area contributed by atoms with E-state index in [1.807, 2.05) is 48.5 Å². The van der Waals surface area contributed by atoms with Crippen molar-refractivity contribution in [2.75, 3.05) is 18.4 Å². The Hall–Kier alpha value is -6.21. The molecule has 1 aliphatic heterocycles. The van der Waals surface area contributed by atoms with Gasteiger partial charge in [0.05, 0.1) is 35.6 Å². The smallest absolute Gasteiger partial charge is 0.255 e. The molecule has 0 fully saturated rings. The Labute approximate surface area is 314 Å². The summed E-state index contributed by atoms with van der Waals surface area (Å²) in [4.78, 5) is 74.6. The molecule has 3 aromatic carbocycles. The summed E-state index contributed by atoms with van der Waals surface area (Å²) in [5.41, 5.74) is 18.4. The molecule has 8 N–H and O–H groups in total. The van der Waals surface area contributed by atoms with E-state index in [1.54, 1.807) is 39.0 Å². The molecule has 0 spiro atoms. The summed E-state index contributed by atoms with van der Waals surface area (Å²) in [6, 6.07) is 16.7. The minimum atomic E-state index is -1.04. The van der Waals surface area contributed by atoms with Gasteiger partial charge in [-0.2, -0.15) is 0 Å². The van der Waals surface area contributed by atoms with E-state index in [0.29, 0.717) is 50.7 Å². The van der Waals surface area contributed by atoms with Gasteiger partial charge in [0.2, 0.25) is 23.6 Å². The minimum Gasteiger partial charge on any atom is -0.368 e. The van der Waals surface area contributed by atoms with Gasteiger partial charge in [-0.3, -0.25) is 24.0 Å². The molecule has 1 aliphatic rings. The lowest BCUT2D eigenvalue weighted by atomic mass is 9.93. The molecule has 5 rings (SSSR count). The van der Waals surface area contributed by atoms with Crippen LogP contribution >= 0.6 is 0 Å². The average Bonchev–Trinajstić information content (AvgIpc) is 3.13. The van der Waals surface area contributed by atoms with Crippen molar-refractivity contribution in [2.45, 2.75) is 65.5 Å². The molecule has 13 heteroatoms. The van der Waals surface area contributed by atoms with Gasteiger partial charge in [0, 0.05) is 17.5 Å². The summed E-state index contributed by atoms with van der Waals surface area (Å²) >= 11 is 0. The third-order valence-electron chi connectivity index (χ3n) is 9.10. The van der Waals surface area contributed by atoms with E-state index in [1.165, 1.54) is 0 Å². The molecular weight excluding hydrogens is 685 g/mol. The summed E-state index contributed by atoms with van der Waals surface area (Å²) in [5, 5.41) is 11.0. The number of nitrogens with two attached hydrogens (primary N) is 2. The minimum absolute atomic E-state index is 0.00219. The zero-order valence-corrected chi connectivity index (χ0v) is 30.9. The fourth-order valence-corrected chi connectivity index (χ4v) is 6.40. The molecule has 13 nitrogen and oxygen atoms in total. The summed E-state index contributed by atoms with van der Waals surface area (Å²) < 4.78 is 0. The van der Waals surface area contributed by atoms with Crippen LogP contribution < -0.4 is 32.7 Å². The number of hydrogen-bond donors (Lipinski definition) is 6. The van der Waals surface area contributed by atoms with Crippen molar-refractivity contribution in [1.82, 2.24) is 25.9 Å². The number of nitrogens with zero attached hydrogens (tertiary/aromatic N) is 2. The van der Waals surface area contributed by atoms with E-state index in [9.17, 15) is 24.0 Å². The molecule has 1 aromatic heterocycles. The Morgan fingerprint density at radius 3 is 2.33 bits per heavy atom. The lowest BCUT2D eigenvalue weighted by Gasteiger charge is -2.23. The Morgan fingerprint density at radius 2 is 1.67 bits per heavy atom. The van der Waals surface area contributed by atoms with E-state index in [0.717, 1.165) is 17.5 Å². The lowest BCUT2D eigenvalue weighted by Crippen LogP contribution is -2.49. The highest BCUT2D eigenvalue weighted by Gasteiger charge is 2.27. The van der Waals surface area contributed by atoms with Crippen molar-refractivity contribution in [2.24, 2.45) is 11.5 Å². The van der Waals surface area contributed by atoms with Crippen molar-refractivity contribution >= 4 is 41.3 Å². The van der Waals surface area contributed by atoms with Crippen LogP contribution in [0.5, 0.6) is 0 Å². The molecule has 2 atom stereocenters. The first-order valence-electron chi connectivity index (χ1n) is 17.9. The van der Waals surface area contributed by atoms with Crippen LogP contribution in [-0.4, -0.2) is 64.7 Å². The molecule has 54 heavy (non-hydrogen) atoms. The maximum Gasteiger partial charge on any atom is 0.255 e. The Morgan fingerprint density at radius 1 is 0.944 bits per heavy atom. The Bertz CT molecular complexity index is 2090. The van der Waals surface area contributed by atoms with Crippen LogP contribution in [0, 0.1) is 20.8 Å². The summed E-state index contributed by atoms with van der Waals surface area (Å²) in [6.07, 6.45) is 5.28. The first kappa shape index (κ1) is 39.0. The van der Waals surface area contributed by atoms with Gasteiger partial charge in [-0.15, -0.1) is 0 Å². The first-order valence-corrected chi connectivity index (χ1v) is 17.9. The molecule has 4 aromatic rings. The Kier molecular flexibility index (Phi) is 12.7. The molecule has 2 heterocycles. The van der Waals surface area contributed by atoms with Gasteiger partial charge < -0.3 is 32.7 Å². The van der Waals surface area contributed by atoms with Gasteiger partial charge in [-0.05, 0) is 74.0 Å². The molecule has 280 valence electrons. The molecule has 5 amide bonds. The monoisotopic (exact) mass is 730 g/mol. The number of rotatable bonds is 10. The number of anilines is 1. The van der Waals surface area contributed by atoms with Gasteiger partial charge in [0.25, 0.3) is 5.91 Å². The Balaban J connectivity index is 1.44. The number of carbonyl (C=O) groups is 5. The third kappa shape index (κ3) is 9.61. The second kappa shape index (κ2) is 17.5. The quantitative estimate of drug-likeness (QED) is 0.142. The van der Waals surface area contributed by atoms with Crippen LogP contribution in [0.4, 0.5) is 5.69 Å². The second-order valence-electron chi connectivity index (χ2n) is 13.3. The van der Waals surface area contributed by atoms with Crippen molar-refractivity contribution in [1.29, 1.82) is 0 Å². The zero-order valence-electron chi connectivity index (χ0n) is 30.9. The highest BCUT2D eigenvalue weighted by atomic mass is 16.2. The molecule has 0 saturated heterocycles. The normalized spacial score (nSPS) is 15.1. The number of benzene rings is 3. The zero-order chi connectivity index (χ0) is 38.9. The predicted octanol–water partition coefficient (Wildman–Crippen LogP) is 3.43. The molecule has 0 radical (unpaired) electrons. The van der Waals surface area contributed by atoms with Crippen LogP contribution in [0.25, 0.3) is 28.6 Å². The number of nitrogens with one attached hydrogen (secondary N) is 4. The van der Waals surface area contributed by atoms with Crippen molar-refractivity contribution in [3.8, 4) is 22.5 Å². The highest BCUT2D eigenvalue weighted by Crippen LogP contribution is 2.34. The van der Waals surface area contributed by atoms with Crippen LogP contribution in [0.3, 0.4) is 0 Å². The standard InChI is InChI=1S/C41H46N8O5/c1-5-6-8-26-11-13-29(14-12-26)39-45-24(3)36(25(4)46-39)41(54)48-32(15-16-42)40(53)49-37-23(2)17-28-19-31(37)30-10-7-9-27(18-30)21-34(50)44-22-35(51)47-33(20-28)38(43)52/h6-14,17-19,32-33H,5,15-16,20-22,42H2,1-4H3,(H2,43,52)(H,44,50)(H,47,51)(H,48,54)(H,49,53)/b8-6+/t32-,33?/m0/s1. The highest BCUT2D eigenvalue weighted by molar-refractivity contribution is 6.04. The molecule has 1 unspecified atom stereocenters. The fraction of sp³-hybridized carbons (Fsp3) is 0.293. The molecular formula is C41H46N8O5. The number of primary amides is 1. The van der Waals surface area contributed by atoms with Crippen LogP contribution in [0.2, 0.25) is 0 Å². The maximum atomic E-state index is 14.0.